The van der Waals surface area contributed by atoms with Gasteiger partial charge in [0.15, 0.2) is 0 Å². The second-order valence-corrected chi connectivity index (χ2v) is 9.08. The first kappa shape index (κ1) is 21.0. The standard InChI is InChI=1S/C22H25N3O3S/c1-15(2)21(22(26)24-16(3)17-10-12-23-13-11-17)25-29(27,28)20-9-8-18-6-4-5-7-19(18)14-20/h4-16,21,25H,1-3H3,(H,24,26). The molecule has 0 radical (unpaired) electrons. The smallest absolute Gasteiger partial charge is 0.241 e. The van der Waals surface area contributed by atoms with Gasteiger partial charge in [0.1, 0.15) is 6.04 Å². The summed E-state index contributed by atoms with van der Waals surface area (Å²) in [5, 5.41) is 4.67. The van der Waals surface area contributed by atoms with Gasteiger partial charge >= 0.3 is 0 Å². The van der Waals surface area contributed by atoms with Crippen molar-refractivity contribution in [3.05, 3.63) is 72.6 Å². The number of benzene rings is 2. The number of fused-ring (bicyclic) bond motifs is 1. The zero-order valence-electron chi connectivity index (χ0n) is 16.7. The largest absolute Gasteiger partial charge is 0.348 e. The molecule has 7 heteroatoms. The van der Waals surface area contributed by atoms with Gasteiger partial charge < -0.3 is 5.32 Å². The first-order chi connectivity index (χ1) is 13.8. The molecule has 1 aromatic heterocycles. The van der Waals surface area contributed by atoms with Crippen LogP contribution in [-0.4, -0.2) is 25.4 Å². The van der Waals surface area contributed by atoms with E-state index in [4.69, 9.17) is 0 Å². The van der Waals surface area contributed by atoms with E-state index in [-0.39, 0.29) is 22.8 Å². The van der Waals surface area contributed by atoms with Crippen LogP contribution in [0.2, 0.25) is 0 Å². The molecule has 152 valence electrons. The fourth-order valence-corrected chi connectivity index (χ4v) is 4.48. The molecule has 2 aromatic carbocycles. The molecule has 2 unspecified atom stereocenters. The second-order valence-electron chi connectivity index (χ2n) is 7.36. The van der Waals surface area contributed by atoms with Crippen LogP contribution in [0.15, 0.2) is 71.9 Å². The zero-order valence-corrected chi connectivity index (χ0v) is 17.5. The van der Waals surface area contributed by atoms with Crippen LogP contribution in [0, 0.1) is 5.92 Å². The highest BCUT2D eigenvalue weighted by Crippen LogP contribution is 2.20. The van der Waals surface area contributed by atoms with Crippen molar-refractivity contribution in [1.82, 2.24) is 15.0 Å². The van der Waals surface area contributed by atoms with Gasteiger partial charge in [-0.25, -0.2) is 8.42 Å². The van der Waals surface area contributed by atoms with Crippen molar-refractivity contribution in [2.45, 2.75) is 37.8 Å². The lowest BCUT2D eigenvalue weighted by molar-refractivity contribution is -0.124. The Morgan fingerprint density at radius 3 is 2.24 bits per heavy atom. The average molecular weight is 412 g/mol. The Labute approximate surface area is 171 Å². The fraction of sp³-hybridized carbons (Fsp3) is 0.273. The number of aromatic nitrogens is 1. The van der Waals surface area contributed by atoms with E-state index in [1.807, 2.05) is 57.2 Å². The highest BCUT2D eigenvalue weighted by molar-refractivity contribution is 7.89. The summed E-state index contributed by atoms with van der Waals surface area (Å²) in [6, 6.07) is 14.9. The minimum absolute atomic E-state index is 0.136. The molecule has 2 N–H and O–H groups in total. The maximum atomic E-state index is 13.0. The van der Waals surface area contributed by atoms with E-state index in [9.17, 15) is 13.2 Å². The van der Waals surface area contributed by atoms with E-state index in [0.717, 1.165) is 16.3 Å². The Morgan fingerprint density at radius 2 is 1.59 bits per heavy atom. The molecule has 3 aromatic rings. The monoisotopic (exact) mass is 411 g/mol. The number of pyridine rings is 1. The molecule has 0 fully saturated rings. The summed E-state index contributed by atoms with van der Waals surface area (Å²) in [7, 11) is -3.86. The van der Waals surface area contributed by atoms with Gasteiger partial charge in [-0.05, 0) is 53.4 Å². The van der Waals surface area contributed by atoms with E-state index in [0.29, 0.717) is 0 Å². The Bertz CT molecular complexity index is 1100. The van der Waals surface area contributed by atoms with Crippen molar-refractivity contribution in [2.75, 3.05) is 0 Å². The number of amides is 1. The van der Waals surface area contributed by atoms with Crippen molar-refractivity contribution >= 4 is 26.7 Å². The first-order valence-corrected chi connectivity index (χ1v) is 11.0. The van der Waals surface area contributed by atoms with Crippen molar-refractivity contribution in [2.24, 2.45) is 5.92 Å². The number of sulfonamides is 1. The minimum Gasteiger partial charge on any atom is -0.348 e. The molecule has 0 saturated heterocycles. The van der Waals surface area contributed by atoms with Gasteiger partial charge in [-0.1, -0.05) is 44.2 Å². The maximum Gasteiger partial charge on any atom is 0.241 e. The summed E-state index contributed by atoms with van der Waals surface area (Å²) in [4.78, 5) is 16.9. The number of nitrogens with zero attached hydrogens (tertiary/aromatic N) is 1. The minimum atomic E-state index is -3.86. The summed E-state index contributed by atoms with van der Waals surface area (Å²) in [6.07, 6.45) is 3.31. The van der Waals surface area contributed by atoms with Crippen LogP contribution in [0.5, 0.6) is 0 Å². The van der Waals surface area contributed by atoms with Crippen molar-refractivity contribution < 1.29 is 13.2 Å². The van der Waals surface area contributed by atoms with Crippen LogP contribution in [0.1, 0.15) is 32.4 Å². The molecule has 0 aliphatic carbocycles. The molecule has 1 heterocycles. The third kappa shape index (κ3) is 4.99. The summed E-state index contributed by atoms with van der Waals surface area (Å²) >= 11 is 0. The summed E-state index contributed by atoms with van der Waals surface area (Å²) in [5.41, 5.74) is 0.897. The molecule has 0 spiro atoms. The molecule has 0 bridgehead atoms. The van der Waals surface area contributed by atoms with Crippen LogP contribution in [0.3, 0.4) is 0 Å². The topological polar surface area (TPSA) is 88.2 Å². The summed E-state index contributed by atoms with van der Waals surface area (Å²) < 4.78 is 28.5. The van der Waals surface area contributed by atoms with E-state index in [2.05, 4.69) is 15.0 Å². The Balaban J connectivity index is 1.80. The number of hydrogen-bond donors (Lipinski definition) is 2. The number of carbonyl (C=O) groups excluding carboxylic acids is 1. The van der Waals surface area contributed by atoms with Crippen LogP contribution in [0.25, 0.3) is 10.8 Å². The quantitative estimate of drug-likeness (QED) is 0.624. The van der Waals surface area contributed by atoms with E-state index >= 15 is 0 Å². The Kier molecular flexibility index (Phi) is 6.30. The lowest BCUT2D eigenvalue weighted by Crippen LogP contribution is -2.50. The molecule has 6 nitrogen and oxygen atoms in total. The van der Waals surface area contributed by atoms with E-state index < -0.39 is 16.1 Å². The SMILES string of the molecule is CC(NC(=O)C(NS(=O)(=O)c1ccc2ccccc2c1)C(C)C)c1ccncc1. The van der Waals surface area contributed by atoms with Gasteiger partial charge in [0.05, 0.1) is 10.9 Å². The molecule has 29 heavy (non-hydrogen) atoms. The highest BCUT2D eigenvalue weighted by Gasteiger charge is 2.29. The maximum absolute atomic E-state index is 13.0. The fourth-order valence-electron chi connectivity index (χ4n) is 3.10. The molecule has 3 rings (SSSR count). The van der Waals surface area contributed by atoms with Crippen molar-refractivity contribution in [3.8, 4) is 0 Å². The van der Waals surface area contributed by atoms with Crippen LogP contribution in [-0.2, 0) is 14.8 Å². The normalized spacial score (nSPS) is 13.9. The van der Waals surface area contributed by atoms with Crippen molar-refractivity contribution in [3.63, 3.8) is 0 Å². The number of carbonyl (C=O) groups is 1. The molecule has 2 atom stereocenters. The lowest BCUT2D eigenvalue weighted by atomic mass is 10.0. The lowest BCUT2D eigenvalue weighted by Gasteiger charge is -2.24. The van der Waals surface area contributed by atoms with Gasteiger partial charge in [-0.15, -0.1) is 0 Å². The molecule has 0 aliphatic heterocycles. The Hall–Kier alpha value is -2.77. The molecular formula is C22H25N3O3S. The third-order valence-corrected chi connectivity index (χ3v) is 6.27. The predicted molar refractivity (Wildman–Crippen MR) is 114 cm³/mol. The van der Waals surface area contributed by atoms with Gasteiger partial charge in [-0.2, -0.15) is 4.72 Å². The number of nitrogens with one attached hydrogen (secondary N) is 2. The van der Waals surface area contributed by atoms with Crippen LogP contribution < -0.4 is 10.0 Å². The average Bonchev–Trinajstić information content (AvgIpc) is 2.72. The van der Waals surface area contributed by atoms with Gasteiger partial charge in [0.2, 0.25) is 15.9 Å². The third-order valence-electron chi connectivity index (χ3n) is 4.83. The van der Waals surface area contributed by atoms with Gasteiger partial charge in [0, 0.05) is 12.4 Å². The Morgan fingerprint density at radius 1 is 0.931 bits per heavy atom. The first-order valence-electron chi connectivity index (χ1n) is 9.49. The van der Waals surface area contributed by atoms with Crippen LogP contribution in [0.4, 0.5) is 0 Å². The molecular weight excluding hydrogens is 386 g/mol. The van der Waals surface area contributed by atoms with Gasteiger partial charge in [-0.3, -0.25) is 9.78 Å². The molecule has 0 aliphatic rings. The molecule has 0 saturated carbocycles. The number of rotatable bonds is 7. The zero-order chi connectivity index (χ0) is 21.0. The van der Waals surface area contributed by atoms with Crippen LogP contribution >= 0.6 is 0 Å². The highest BCUT2D eigenvalue weighted by atomic mass is 32.2. The second kappa shape index (κ2) is 8.71. The van der Waals surface area contributed by atoms with Crippen molar-refractivity contribution in [1.29, 1.82) is 0 Å². The molecule has 1 amide bonds. The predicted octanol–water partition coefficient (Wildman–Crippen LogP) is 3.42. The van der Waals surface area contributed by atoms with Gasteiger partial charge in [0.25, 0.3) is 0 Å². The number of hydrogen-bond acceptors (Lipinski definition) is 4. The summed E-state index contributed by atoms with van der Waals surface area (Å²) in [6.45, 7) is 5.47. The van der Waals surface area contributed by atoms with E-state index in [1.165, 1.54) is 0 Å². The van der Waals surface area contributed by atoms with E-state index in [1.54, 1.807) is 30.6 Å². The summed E-state index contributed by atoms with van der Waals surface area (Å²) in [5.74, 6) is -0.594.